The van der Waals surface area contributed by atoms with E-state index < -0.39 is 0 Å². The van der Waals surface area contributed by atoms with Gasteiger partial charge in [-0.3, -0.25) is 0 Å². The van der Waals surface area contributed by atoms with Crippen LogP contribution in [0.1, 0.15) is 11.3 Å². The van der Waals surface area contributed by atoms with E-state index in [4.69, 9.17) is 9.15 Å². The van der Waals surface area contributed by atoms with E-state index in [2.05, 4.69) is 0 Å². The van der Waals surface area contributed by atoms with Gasteiger partial charge in [-0.15, -0.1) is 0 Å². The van der Waals surface area contributed by atoms with Crippen LogP contribution in [0.5, 0.6) is 5.95 Å². The minimum atomic E-state index is 0.625. The minimum Gasteiger partial charge on any atom is -0.460 e. The highest BCUT2D eigenvalue weighted by Crippen LogP contribution is 2.26. The molecule has 0 aliphatic carbocycles. The van der Waals surface area contributed by atoms with E-state index in [1.165, 1.54) is 0 Å². The molecule has 0 saturated heterocycles. The largest absolute Gasteiger partial charge is 0.460 e. The Balaban J connectivity index is 2.53. The first-order valence-corrected chi connectivity index (χ1v) is 3.26. The van der Waals surface area contributed by atoms with Gasteiger partial charge in [0.1, 0.15) is 12.4 Å². The van der Waals surface area contributed by atoms with Crippen molar-refractivity contribution in [1.82, 2.24) is 0 Å². The van der Waals surface area contributed by atoms with Crippen molar-refractivity contribution in [3.05, 3.63) is 23.5 Å². The summed E-state index contributed by atoms with van der Waals surface area (Å²) >= 11 is 0. The molecule has 2 rings (SSSR count). The number of rotatable bonds is 0. The van der Waals surface area contributed by atoms with Gasteiger partial charge in [0.15, 0.2) is 0 Å². The average molecular weight is 136 g/mol. The van der Waals surface area contributed by atoms with E-state index in [-0.39, 0.29) is 0 Å². The molecule has 1 aliphatic heterocycles. The van der Waals surface area contributed by atoms with Gasteiger partial charge >= 0.3 is 0 Å². The highest BCUT2D eigenvalue weighted by molar-refractivity contribution is 5.56. The van der Waals surface area contributed by atoms with Gasteiger partial charge in [-0.1, -0.05) is 0 Å². The molecule has 0 bridgehead atoms. The third-order valence-electron chi connectivity index (χ3n) is 1.46. The second kappa shape index (κ2) is 1.90. The van der Waals surface area contributed by atoms with Crippen molar-refractivity contribution in [2.45, 2.75) is 6.92 Å². The van der Waals surface area contributed by atoms with Crippen molar-refractivity contribution in [2.75, 3.05) is 6.61 Å². The number of fused-ring (bicyclic) bond motifs is 1. The fourth-order valence-corrected chi connectivity index (χ4v) is 1.04. The van der Waals surface area contributed by atoms with Crippen molar-refractivity contribution in [3.8, 4) is 5.95 Å². The predicted octanol–water partition coefficient (Wildman–Crippen LogP) is 1.99. The molecule has 10 heavy (non-hydrogen) atoms. The fourth-order valence-electron chi connectivity index (χ4n) is 1.04. The molecule has 0 spiro atoms. The van der Waals surface area contributed by atoms with E-state index in [1.54, 1.807) is 0 Å². The Labute approximate surface area is 59.1 Å². The second-order valence-electron chi connectivity index (χ2n) is 2.31. The molecule has 1 aliphatic rings. The average Bonchev–Trinajstić information content (AvgIpc) is 2.27. The lowest BCUT2D eigenvalue weighted by Crippen LogP contribution is -1.96. The molecular weight excluding hydrogens is 128 g/mol. The van der Waals surface area contributed by atoms with Gasteiger partial charge in [0.25, 0.3) is 5.95 Å². The van der Waals surface area contributed by atoms with Crippen molar-refractivity contribution in [2.24, 2.45) is 0 Å². The number of furan rings is 1. The summed E-state index contributed by atoms with van der Waals surface area (Å²) in [5.74, 6) is 1.55. The molecule has 0 N–H and O–H groups in total. The molecule has 0 fully saturated rings. The SMILES string of the molecule is Cc1cc2c(o1)OCC=C2. The normalized spacial score (nSPS) is 14.5. The summed E-state index contributed by atoms with van der Waals surface area (Å²) in [5.41, 5.74) is 1.05. The third kappa shape index (κ3) is 0.727. The Kier molecular flexibility index (Phi) is 1.07. The lowest BCUT2D eigenvalue weighted by Gasteiger charge is -2.03. The standard InChI is InChI=1S/C8H8O2/c1-6-5-7-3-2-4-9-8(7)10-6/h2-3,5H,4H2,1H3. The van der Waals surface area contributed by atoms with E-state index in [0.717, 1.165) is 11.3 Å². The van der Waals surface area contributed by atoms with E-state index in [9.17, 15) is 0 Å². The monoisotopic (exact) mass is 136 g/mol. The van der Waals surface area contributed by atoms with Crippen LogP contribution in [0.3, 0.4) is 0 Å². The maximum absolute atomic E-state index is 5.23. The summed E-state index contributed by atoms with van der Waals surface area (Å²) in [7, 11) is 0. The Hall–Kier alpha value is -1.18. The van der Waals surface area contributed by atoms with Gasteiger partial charge in [0.05, 0.1) is 5.56 Å². The summed E-state index contributed by atoms with van der Waals surface area (Å²) in [6.07, 6.45) is 3.98. The summed E-state index contributed by atoms with van der Waals surface area (Å²) in [6.45, 7) is 2.54. The zero-order chi connectivity index (χ0) is 6.97. The highest BCUT2D eigenvalue weighted by Gasteiger charge is 2.09. The van der Waals surface area contributed by atoms with Crippen LogP contribution in [0.2, 0.25) is 0 Å². The molecule has 0 radical (unpaired) electrons. The molecular formula is C8H8O2. The van der Waals surface area contributed by atoms with Crippen molar-refractivity contribution in [3.63, 3.8) is 0 Å². The van der Waals surface area contributed by atoms with Crippen LogP contribution in [0.4, 0.5) is 0 Å². The van der Waals surface area contributed by atoms with Crippen molar-refractivity contribution < 1.29 is 9.15 Å². The lowest BCUT2D eigenvalue weighted by molar-refractivity contribution is 0.263. The van der Waals surface area contributed by atoms with Gasteiger partial charge in [-0.2, -0.15) is 0 Å². The number of ether oxygens (including phenoxy) is 1. The molecule has 0 unspecified atom stereocenters. The zero-order valence-electron chi connectivity index (χ0n) is 5.76. The summed E-state index contributed by atoms with van der Waals surface area (Å²) in [5, 5.41) is 0. The van der Waals surface area contributed by atoms with Crippen LogP contribution in [-0.4, -0.2) is 6.61 Å². The van der Waals surface area contributed by atoms with E-state index >= 15 is 0 Å². The Morgan fingerprint density at radius 3 is 3.20 bits per heavy atom. The summed E-state index contributed by atoms with van der Waals surface area (Å²) in [4.78, 5) is 0. The van der Waals surface area contributed by atoms with Crippen molar-refractivity contribution >= 4 is 6.08 Å². The van der Waals surface area contributed by atoms with Crippen LogP contribution in [-0.2, 0) is 0 Å². The van der Waals surface area contributed by atoms with Crippen LogP contribution in [0.15, 0.2) is 16.6 Å². The molecule has 0 atom stereocenters. The second-order valence-corrected chi connectivity index (χ2v) is 2.31. The first-order chi connectivity index (χ1) is 4.86. The predicted molar refractivity (Wildman–Crippen MR) is 38.0 cm³/mol. The first-order valence-electron chi connectivity index (χ1n) is 3.26. The number of hydrogen-bond acceptors (Lipinski definition) is 2. The fraction of sp³-hybridized carbons (Fsp3) is 0.250. The molecule has 1 aromatic rings. The van der Waals surface area contributed by atoms with E-state index in [1.807, 2.05) is 25.1 Å². The number of hydrogen-bond donors (Lipinski definition) is 0. The van der Waals surface area contributed by atoms with Crippen LogP contribution >= 0.6 is 0 Å². The van der Waals surface area contributed by atoms with Crippen LogP contribution in [0, 0.1) is 6.92 Å². The highest BCUT2D eigenvalue weighted by atomic mass is 16.6. The van der Waals surface area contributed by atoms with Crippen LogP contribution < -0.4 is 4.74 Å². The molecule has 2 heteroatoms. The summed E-state index contributed by atoms with van der Waals surface area (Å²) < 4.78 is 10.4. The Morgan fingerprint density at radius 1 is 1.50 bits per heavy atom. The molecule has 0 saturated carbocycles. The van der Waals surface area contributed by atoms with Gasteiger partial charge in [0, 0.05) is 0 Å². The van der Waals surface area contributed by atoms with Crippen LogP contribution in [0.25, 0.3) is 6.08 Å². The molecule has 0 amide bonds. The third-order valence-corrected chi connectivity index (χ3v) is 1.46. The van der Waals surface area contributed by atoms with Gasteiger partial charge in [0.2, 0.25) is 0 Å². The van der Waals surface area contributed by atoms with Gasteiger partial charge in [-0.05, 0) is 25.1 Å². The summed E-state index contributed by atoms with van der Waals surface area (Å²) in [6, 6.07) is 1.96. The Morgan fingerprint density at radius 2 is 2.40 bits per heavy atom. The topological polar surface area (TPSA) is 22.4 Å². The van der Waals surface area contributed by atoms with Gasteiger partial charge in [-0.25, -0.2) is 0 Å². The van der Waals surface area contributed by atoms with Gasteiger partial charge < -0.3 is 9.15 Å². The molecule has 0 aromatic carbocycles. The lowest BCUT2D eigenvalue weighted by atomic mass is 10.2. The first kappa shape index (κ1) is 5.59. The maximum Gasteiger partial charge on any atom is 0.292 e. The Bertz CT molecular complexity index is 271. The zero-order valence-corrected chi connectivity index (χ0v) is 5.76. The molecule has 2 nitrogen and oxygen atoms in total. The van der Waals surface area contributed by atoms with Crippen molar-refractivity contribution in [1.29, 1.82) is 0 Å². The quantitative estimate of drug-likeness (QED) is 0.544. The number of aryl methyl sites for hydroxylation is 1. The smallest absolute Gasteiger partial charge is 0.292 e. The maximum atomic E-state index is 5.23. The molecule has 52 valence electrons. The molecule has 2 heterocycles. The van der Waals surface area contributed by atoms with E-state index in [0.29, 0.717) is 12.6 Å². The minimum absolute atomic E-state index is 0.625. The molecule has 1 aromatic heterocycles.